The standard InChI is InChI=1S/C24H27N/c1-3-5-11-19(4-2)22-16-15-21(20-12-7-6-8-13-20)18-23(22)24-14-9-10-17-25-24/h5-15,17-19,22H,3-4,16H2,1-2H3. The molecule has 0 saturated carbocycles. The minimum atomic E-state index is 0.496. The Morgan fingerprint density at radius 1 is 1.08 bits per heavy atom. The van der Waals surface area contributed by atoms with Gasteiger partial charge in [-0.2, -0.15) is 0 Å². The van der Waals surface area contributed by atoms with Gasteiger partial charge in [-0.1, -0.05) is 68.5 Å². The molecule has 3 rings (SSSR count). The second-order valence-corrected chi connectivity index (χ2v) is 6.59. The molecule has 0 amide bonds. The third-order valence-electron chi connectivity index (χ3n) is 4.98. The lowest BCUT2D eigenvalue weighted by Crippen LogP contribution is -2.17. The van der Waals surface area contributed by atoms with Crippen molar-refractivity contribution in [3.05, 3.63) is 90.3 Å². The van der Waals surface area contributed by atoms with Gasteiger partial charge in [0.15, 0.2) is 0 Å². The fourth-order valence-corrected chi connectivity index (χ4v) is 3.61. The third-order valence-corrected chi connectivity index (χ3v) is 4.98. The fourth-order valence-electron chi connectivity index (χ4n) is 3.61. The van der Waals surface area contributed by atoms with E-state index in [1.54, 1.807) is 0 Å². The normalized spacial score (nSPS) is 18.7. The summed E-state index contributed by atoms with van der Waals surface area (Å²) < 4.78 is 0. The molecule has 2 aromatic rings. The van der Waals surface area contributed by atoms with Crippen molar-refractivity contribution in [2.75, 3.05) is 0 Å². The zero-order valence-electron chi connectivity index (χ0n) is 15.2. The first-order valence-electron chi connectivity index (χ1n) is 9.38. The van der Waals surface area contributed by atoms with Crippen LogP contribution in [0.15, 0.2) is 79.0 Å². The van der Waals surface area contributed by atoms with E-state index >= 15 is 0 Å². The first-order valence-corrected chi connectivity index (χ1v) is 9.38. The monoisotopic (exact) mass is 329 g/mol. The molecule has 1 aliphatic rings. The minimum absolute atomic E-state index is 0.496. The molecule has 0 N–H and O–H groups in total. The lowest BCUT2D eigenvalue weighted by molar-refractivity contribution is 0.475. The highest BCUT2D eigenvalue weighted by molar-refractivity contribution is 5.86. The zero-order chi connectivity index (χ0) is 17.5. The van der Waals surface area contributed by atoms with Crippen LogP contribution in [0, 0.1) is 11.8 Å². The number of benzene rings is 1. The van der Waals surface area contributed by atoms with Crippen LogP contribution in [0.2, 0.25) is 0 Å². The molecular weight excluding hydrogens is 302 g/mol. The number of pyridine rings is 1. The van der Waals surface area contributed by atoms with Gasteiger partial charge in [0.2, 0.25) is 0 Å². The largest absolute Gasteiger partial charge is 0.257 e. The van der Waals surface area contributed by atoms with Crippen molar-refractivity contribution < 1.29 is 0 Å². The number of rotatable bonds is 6. The highest BCUT2D eigenvalue weighted by Gasteiger charge is 2.26. The molecule has 25 heavy (non-hydrogen) atoms. The molecule has 1 aromatic heterocycles. The van der Waals surface area contributed by atoms with Gasteiger partial charge < -0.3 is 0 Å². The Hall–Kier alpha value is -2.41. The molecule has 0 radical (unpaired) electrons. The Bertz CT molecular complexity index is 753. The number of aromatic nitrogens is 1. The molecule has 0 aliphatic heterocycles. The van der Waals surface area contributed by atoms with Crippen LogP contribution >= 0.6 is 0 Å². The van der Waals surface area contributed by atoms with Crippen molar-refractivity contribution in [2.45, 2.75) is 33.1 Å². The van der Waals surface area contributed by atoms with E-state index in [-0.39, 0.29) is 0 Å². The van der Waals surface area contributed by atoms with E-state index < -0.39 is 0 Å². The van der Waals surface area contributed by atoms with Crippen LogP contribution in [0.25, 0.3) is 11.1 Å². The predicted molar refractivity (Wildman–Crippen MR) is 108 cm³/mol. The summed E-state index contributed by atoms with van der Waals surface area (Å²) in [5, 5.41) is 0. The second-order valence-electron chi connectivity index (χ2n) is 6.59. The van der Waals surface area contributed by atoms with Crippen molar-refractivity contribution in [1.82, 2.24) is 4.98 Å². The lowest BCUT2D eigenvalue weighted by atomic mass is 9.76. The first kappa shape index (κ1) is 17.4. The van der Waals surface area contributed by atoms with Crippen LogP contribution in [0.3, 0.4) is 0 Å². The Morgan fingerprint density at radius 2 is 1.88 bits per heavy atom. The molecule has 1 heteroatoms. The zero-order valence-corrected chi connectivity index (χ0v) is 15.2. The molecule has 0 bridgehead atoms. The van der Waals surface area contributed by atoms with E-state index in [0.29, 0.717) is 11.8 Å². The van der Waals surface area contributed by atoms with E-state index in [4.69, 9.17) is 0 Å². The molecule has 0 fully saturated rings. The van der Waals surface area contributed by atoms with Gasteiger partial charge in [0, 0.05) is 6.20 Å². The minimum Gasteiger partial charge on any atom is -0.257 e. The van der Waals surface area contributed by atoms with E-state index in [1.807, 2.05) is 12.3 Å². The van der Waals surface area contributed by atoms with Gasteiger partial charge in [-0.15, -0.1) is 0 Å². The SMILES string of the molecule is CCC=CC(CC)C1CC=C(c2ccccc2)C=C1c1ccccn1. The van der Waals surface area contributed by atoms with Crippen molar-refractivity contribution in [3.8, 4) is 0 Å². The number of allylic oxidation sites excluding steroid dienone is 6. The Kier molecular flexibility index (Phi) is 6.00. The molecule has 1 aliphatic carbocycles. The van der Waals surface area contributed by atoms with Gasteiger partial charge in [-0.25, -0.2) is 0 Å². The number of nitrogens with zero attached hydrogens (tertiary/aromatic N) is 1. The van der Waals surface area contributed by atoms with Gasteiger partial charge in [-0.05, 0) is 66.0 Å². The maximum Gasteiger partial charge on any atom is 0.0664 e. The smallest absolute Gasteiger partial charge is 0.0664 e. The number of hydrogen-bond acceptors (Lipinski definition) is 1. The van der Waals surface area contributed by atoms with E-state index in [0.717, 1.165) is 25.0 Å². The van der Waals surface area contributed by atoms with Gasteiger partial charge in [0.1, 0.15) is 0 Å². The summed E-state index contributed by atoms with van der Waals surface area (Å²) >= 11 is 0. The van der Waals surface area contributed by atoms with Crippen LogP contribution in [0.4, 0.5) is 0 Å². The predicted octanol–water partition coefficient (Wildman–Crippen LogP) is 6.56. The summed E-state index contributed by atoms with van der Waals surface area (Å²) in [7, 11) is 0. The summed E-state index contributed by atoms with van der Waals surface area (Å²) in [4.78, 5) is 4.66. The summed E-state index contributed by atoms with van der Waals surface area (Å²) in [6, 6.07) is 16.9. The topological polar surface area (TPSA) is 12.9 Å². The maximum atomic E-state index is 4.66. The van der Waals surface area contributed by atoms with E-state index in [1.165, 1.54) is 16.7 Å². The molecule has 1 heterocycles. The van der Waals surface area contributed by atoms with Crippen LogP contribution < -0.4 is 0 Å². The van der Waals surface area contributed by atoms with E-state index in [9.17, 15) is 0 Å². The van der Waals surface area contributed by atoms with Gasteiger partial charge in [0.05, 0.1) is 5.69 Å². The van der Waals surface area contributed by atoms with Crippen molar-refractivity contribution >= 4 is 11.1 Å². The van der Waals surface area contributed by atoms with Crippen molar-refractivity contribution in [2.24, 2.45) is 11.8 Å². The summed E-state index contributed by atoms with van der Waals surface area (Å²) in [6.07, 6.45) is 14.7. The highest BCUT2D eigenvalue weighted by atomic mass is 14.7. The van der Waals surface area contributed by atoms with Crippen LogP contribution in [-0.4, -0.2) is 4.98 Å². The Balaban J connectivity index is 2.00. The molecule has 2 atom stereocenters. The average molecular weight is 329 g/mol. The third kappa shape index (κ3) is 4.17. The van der Waals surface area contributed by atoms with Crippen LogP contribution in [-0.2, 0) is 0 Å². The quantitative estimate of drug-likeness (QED) is 0.547. The Morgan fingerprint density at radius 3 is 2.56 bits per heavy atom. The first-order chi connectivity index (χ1) is 12.3. The van der Waals surface area contributed by atoms with Gasteiger partial charge in [0.25, 0.3) is 0 Å². The Labute approximate surface area is 151 Å². The van der Waals surface area contributed by atoms with Gasteiger partial charge in [-0.3, -0.25) is 4.98 Å². The lowest BCUT2D eigenvalue weighted by Gasteiger charge is -2.29. The molecule has 128 valence electrons. The maximum absolute atomic E-state index is 4.66. The average Bonchev–Trinajstić information content (AvgIpc) is 2.70. The molecule has 0 saturated heterocycles. The molecule has 1 nitrogen and oxygen atoms in total. The summed E-state index contributed by atoms with van der Waals surface area (Å²) in [5.41, 5.74) is 5.07. The molecule has 2 unspecified atom stereocenters. The molecular formula is C24H27N. The van der Waals surface area contributed by atoms with Crippen molar-refractivity contribution in [3.63, 3.8) is 0 Å². The van der Waals surface area contributed by atoms with Crippen molar-refractivity contribution in [1.29, 1.82) is 0 Å². The molecule has 1 aromatic carbocycles. The summed E-state index contributed by atoms with van der Waals surface area (Å²) in [6.45, 7) is 4.49. The molecule has 0 spiro atoms. The van der Waals surface area contributed by atoms with Crippen LogP contribution in [0.1, 0.15) is 44.4 Å². The second kappa shape index (κ2) is 8.62. The number of hydrogen-bond donors (Lipinski definition) is 0. The fraction of sp³-hybridized carbons (Fsp3) is 0.292. The van der Waals surface area contributed by atoms with Gasteiger partial charge >= 0.3 is 0 Å². The van der Waals surface area contributed by atoms with E-state index in [2.05, 4.69) is 85.6 Å². The summed E-state index contributed by atoms with van der Waals surface area (Å²) in [5.74, 6) is 1.05. The highest BCUT2D eigenvalue weighted by Crippen LogP contribution is 2.40. The van der Waals surface area contributed by atoms with Crippen LogP contribution in [0.5, 0.6) is 0 Å².